The van der Waals surface area contributed by atoms with Crippen molar-refractivity contribution in [2.45, 2.75) is 17.8 Å². The molecule has 1 N–H and O–H groups in total. The van der Waals surface area contributed by atoms with Crippen LogP contribution in [0.5, 0.6) is 0 Å². The highest BCUT2D eigenvalue weighted by Crippen LogP contribution is 2.85. The third-order valence-electron chi connectivity index (χ3n) is 5.39. The van der Waals surface area contributed by atoms with Crippen LogP contribution in [0.15, 0.2) is 48.5 Å². The van der Waals surface area contributed by atoms with E-state index in [4.69, 9.17) is 0 Å². The third-order valence-corrected chi connectivity index (χ3v) is 5.39. The first-order valence-electron chi connectivity index (χ1n) is 6.69. The fourth-order valence-electron chi connectivity index (χ4n) is 4.83. The summed E-state index contributed by atoms with van der Waals surface area (Å²) in [4.78, 5) is 12.0. The number of benzene rings is 2. The summed E-state index contributed by atoms with van der Waals surface area (Å²) in [7, 11) is 0. The molecule has 0 spiro atoms. The lowest BCUT2D eigenvalue weighted by atomic mass is 9.85. The largest absolute Gasteiger partial charge is 0.481 e. The fourth-order valence-corrected chi connectivity index (χ4v) is 4.83. The summed E-state index contributed by atoms with van der Waals surface area (Å²) >= 11 is 0. The van der Waals surface area contributed by atoms with Crippen LogP contribution in [0.25, 0.3) is 0 Å². The maximum absolute atomic E-state index is 12.0. The molecule has 0 heterocycles. The van der Waals surface area contributed by atoms with Gasteiger partial charge in [0.05, 0.1) is 5.41 Å². The molecule has 0 bridgehead atoms. The van der Waals surface area contributed by atoms with E-state index in [0.29, 0.717) is 0 Å². The second kappa shape index (κ2) is 2.74. The predicted molar refractivity (Wildman–Crippen MR) is 70.3 cm³/mol. The number of hydrogen-bond donors (Lipinski definition) is 1. The van der Waals surface area contributed by atoms with Gasteiger partial charge in [0.25, 0.3) is 0 Å². The zero-order valence-corrected chi connectivity index (χ0v) is 10.2. The Morgan fingerprint density at radius 1 is 0.842 bits per heavy atom. The summed E-state index contributed by atoms with van der Waals surface area (Å²) < 4.78 is 0. The van der Waals surface area contributed by atoms with E-state index in [0.717, 1.165) is 0 Å². The summed E-state index contributed by atoms with van der Waals surface area (Å²) in [5.41, 5.74) is 4.41. The van der Waals surface area contributed by atoms with E-state index >= 15 is 0 Å². The van der Waals surface area contributed by atoms with Gasteiger partial charge in [0.2, 0.25) is 0 Å². The van der Waals surface area contributed by atoms with Gasteiger partial charge in [-0.25, -0.2) is 0 Å². The molecule has 2 aromatic carbocycles. The lowest BCUT2D eigenvalue weighted by Gasteiger charge is -2.17. The number of carboxylic acid groups (broad SMARTS) is 1. The van der Waals surface area contributed by atoms with Gasteiger partial charge >= 0.3 is 5.97 Å². The lowest BCUT2D eigenvalue weighted by molar-refractivity contribution is -0.143. The van der Waals surface area contributed by atoms with Crippen molar-refractivity contribution in [1.29, 1.82) is 0 Å². The minimum atomic E-state index is -0.625. The van der Waals surface area contributed by atoms with Crippen molar-refractivity contribution < 1.29 is 9.90 Å². The summed E-state index contributed by atoms with van der Waals surface area (Å²) in [5, 5.41) is 9.84. The standard InChI is InChI=1S/C17H12O2/c18-16(19)17-13-9-5-1-3-7-11(9)14(17)15(17)12-8-4-2-6-10(12)13/h1-8,13-15H,(H,18,19)/t13?,14-,15+,17?. The van der Waals surface area contributed by atoms with E-state index < -0.39 is 11.4 Å². The van der Waals surface area contributed by atoms with E-state index in [1.807, 2.05) is 24.3 Å². The highest BCUT2D eigenvalue weighted by Gasteiger charge is 2.81. The number of rotatable bonds is 1. The molecule has 0 radical (unpaired) electrons. The van der Waals surface area contributed by atoms with Crippen LogP contribution in [-0.2, 0) is 4.79 Å². The Kier molecular flexibility index (Phi) is 1.41. The third kappa shape index (κ3) is 0.803. The normalized spacial score (nSPS) is 35.5. The maximum Gasteiger partial charge on any atom is 0.311 e. The molecule has 2 heteroatoms. The van der Waals surface area contributed by atoms with Gasteiger partial charge in [-0.3, -0.25) is 4.79 Å². The molecular weight excluding hydrogens is 236 g/mol. The number of aliphatic carboxylic acids is 1. The zero-order valence-electron chi connectivity index (χ0n) is 10.2. The van der Waals surface area contributed by atoms with Crippen LogP contribution in [0.3, 0.4) is 0 Å². The second-order valence-electron chi connectivity index (χ2n) is 5.88. The highest BCUT2D eigenvalue weighted by molar-refractivity contribution is 5.92. The minimum Gasteiger partial charge on any atom is -0.481 e. The van der Waals surface area contributed by atoms with E-state index in [1.54, 1.807) is 0 Å². The fraction of sp³-hybridized carbons (Fsp3) is 0.235. The van der Waals surface area contributed by atoms with Gasteiger partial charge in [-0.05, 0) is 22.3 Å². The van der Waals surface area contributed by atoms with Gasteiger partial charge < -0.3 is 5.11 Å². The molecule has 3 aliphatic rings. The van der Waals surface area contributed by atoms with Gasteiger partial charge in [0, 0.05) is 17.8 Å². The number of carboxylic acids is 1. The predicted octanol–water partition coefficient (Wildman–Crippen LogP) is 3.10. The SMILES string of the molecule is O=C(O)C12C3c4ccccc4[C@@H]1[C@@H]2c1ccccc13. The molecule has 92 valence electrons. The quantitative estimate of drug-likeness (QED) is 0.842. The lowest BCUT2D eigenvalue weighted by Crippen LogP contribution is -2.21. The van der Waals surface area contributed by atoms with Crippen molar-refractivity contribution in [2.75, 3.05) is 0 Å². The topological polar surface area (TPSA) is 37.3 Å². The molecule has 0 aliphatic heterocycles. The summed E-state index contributed by atoms with van der Waals surface area (Å²) in [6.07, 6.45) is 0. The molecule has 2 unspecified atom stereocenters. The van der Waals surface area contributed by atoms with Gasteiger partial charge in [0.15, 0.2) is 0 Å². The highest BCUT2D eigenvalue weighted by atomic mass is 16.4. The molecular formula is C17H12O2. The average Bonchev–Trinajstić information content (AvgIpc) is 2.94. The van der Waals surface area contributed by atoms with E-state index in [2.05, 4.69) is 24.3 Å². The Morgan fingerprint density at radius 3 is 1.68 bits per heavy atom. The molecule has 4 atom stereocenters. The van der Waals surface area contributed by atoms with Crippen molar-refractivity contribution in [1.82, 2.24) is 0 Å². The van der Waals surface area contributed by atoms with Crippen molar-refractivity contribution in [2.24, 2.45) is 5.41 Å². The number of fused-ring (bicyclic) bond motifs is 7. The number of carbonyl (C=O) groups is 1. The van der Waals surface area contributed by atoms with E-state index in [1.165, 1.54) is 22.3 Å². The zero-order chi connectivity index (χ0) is 12.8. The monoisotopic (exact) mass is 248 g/mol. The first-order chi connectivity index (χ1) is 9.28. The molecule has 1 fully saturated rings. The molecule has 0 aromatic heterocycles. The first kappa shape index (κ1) is 9.79. The van der Waals surface area contributed by atoms with E-state index in [9.17, 15) is 9.90 Å². The molecule has 0 amide bonds. The molecule has 5 rings (SSSR count). The minimum absolute atomic E-state index is 0.0624. The van der Waals surface area contributed by atoms with Crippen LogP contribution < -0.4 is 0 Å². The van der Waals surface area contributed by atoms with Crippen LogP contribution in [0.1, 0.15) is 40.0 Å². The Morgan fingerprint density at radius 2 is 1.26 bits per heavy atom. The van der Waals surface area contributed by atoms with Crippen LogP contribution in [0.2, 0.25) is 0 Å². The molecule has 19 heavy (non-hydrogen) atoms. The molecule has 2 nitrogen and oxygen atoms in total. The summed E-state index contributed by atoms with van der Waals surface area (Å²) in [6.45, 7) is 0. The van der Waals surface area contributed by atoms with Crippen molar-refractivity contribution in [3.63, 3.8) is 0 Å². The second-order valence-corrected chi connectivity index (χ2v) is 5.88. The van der Waals surface area contributed by atoms with E-state index in [-0.39, 0.29) is 17.8 Å². The molecule has 3 aliphatic carbocycles. The Balaban J connectivity index is 1.88. The van der Waals surface area contributed by atoms with Gasteiger partial charge in [0.1, 0.15) is 0 Å². The molecule has 1 saturated carbocycles. The molecule has 0 saturated heterocycles. The van der Waals surface area contributed by atoms with Crippen LogP contribution in [-0.4, -0.2) is 11.1 Å². The smallest absolute Gasteiger partial charge is 0.311 e. The van der Waals surface area contributed by atoms with Crippen LogP contribution in [0, 0.1) is 5.41 Å². The van der Waals surface area contributed by atoms with Gasteiger partial charge in [-0.2, -0.15) is 0 Å². The average molecular weight is 248 g/mol. The van der Waals surface area contributed by atoms with Crippen molar-refractivity contribution >= 4 is 5.97 Å². The van der Waals surface area contributed by atoms with Gasteiger partial charge in [-0.15, -0.1) is 0 Å². The van der Waals surface area contributed by atoms with Crippen LogP contribution in [0.4, 0.5) is 0 Å². The maximum atomic E-state index is 12.0. The summed E-state index contributed by atoms with van der Waals surface area (Å²) in [6, 6.07) is 16.5. The Labute approximate surface area is 110 Å². The Hall–Kier alpha value is -2.09. The van der Waals surface area contributed by atoms with Crippen molar-refractivity contribution in [3.8, 4) is 0 Å². The van der Waals surface area contributed by atoms with Crippen molar-refractivity contribution in [3.05, 3.63) is 70.8 Å². The first-order valence-corrected chi connectivity index (χ1v) is 6.69. The van der Waals surface area contributed by atoms with Crippen LogP contribution >= 0.6 is 0 Å². The number of hydrogen-bond acceptors (Lipinski definition) is 1. The van der Waals surface area contributed by atoms with Gasteiger partial charge in [-0.1, -0.05) is 48.5 Å². The molecule has 2 aromatic rings. The Bertz CT molecular complexity index is 693. The summed E-state index contributed by atoms with van der Waals surface area (Å²) in [5.74, 6) is -0.172.